The molecule has 1 N–H and O–H groups in total. The van der Waals surface area contributed by atoms with E-state index in [9.17, 15) is 0 Å². The lowest BCUT2D eigenvalue weighted by molar-refractivity contribution is 0.263. The third-order valence-electron chi connectivity index (χ3n) is 5.64. The fourth-order valence-corrected chi connectivity index (χ4v) is 4.24. The number of aryl methyl sites for hydroxylation is 1. The van der Waals surface area contributed by atoms with Crippen LogP contribution in [0.5, 0.6) is 0 Å². The van der Waals surface area contributed by atoms with Crippen LogP contribution in [0.15, 0.2) is 0 Å². The molecule has 1 fully saturated rings. The molecular weight excluding hydrogens is 354 g/mol. The summed E-state index contributed by atoms with van der Waals surface area (Å²) in [7, 11) is -1.77. The van der Waals surface area contributed by atoms with E-state index in [1.54, 1.807) is 0 Å². The number of hydrogen-bond donors (Lipinski definition) is 1. The molecule has 0 spiro atoms. The fraction of sp³-hybridized carbons (Fsp3) is 0.706. The lowest BCUT2D eigenvalue weighted by Crippen LogP contribution is -2.45. The van der Waals surface area contributed by atoms with Crippen molar-refractivity contribution in [2.75, 3.05) is 18.1 Å². The van der Waals surface area contributed by atoms with E-state index < -0.39 is 8.32 Å². The molecule has 0 aliphatic carbocycles. The van der Waals surface area contributed by atoms with Gasteiger partial charge in [-0.25, -0.2) is 0 Å². The molecule has 3 rings (SSSR count). The van der Waals surface area contributed by atoms with Crippen molar-refractivity contribution in [2.45, 2.75) is 64.7 Å². The highest BCUT2D eigenvalue weighted by Crippen LogP contribution is 2.38. The van der Waals surface area contributed by atoms with E-state index >= 15 is 0 Å². The van der Waals surface area contributed by atoms with Gasteiger partial charge in [0, 0.05) is 12.2 Å². The zero-order valence-electron chi connectivity index (χ0n) is 16.0. The van der Waals surface area contributed by atoms with Crippen LogP contribution in [0.1, 0.15) is 39.3 Å². The van der Waals surface area contributed by atoms with Gasteiger partial charge in [0.1, 0.15) is 5.82 Å². The van der Waals surface area contributed by atoms with Gasteiger partial charge in [0.15, 0.2) is 14.0 Å². The van der Waals surface area contributed by atoms with E-state index in [4.69, 9.17) is 16.0 Å². The Kier molecular flexibility index (Phi) is 4.85. The first-order valence-electron chi connectivity index (χ1n) is 8.89. The predicted octanol–water partition coefficient (Wildman–Crippen LogP) is 4.31. The van der Waals surface area contributed by atoms with Gasteiger partial charge in [-0.15, -0.1) is 0 Å². The van der Waals surface area contributed by atoms with Crippen LogP contribution in [0.25, 0.3) is 11.0 Å². The van der Waals surface area contributed by atoms with Crippen LogP contribution < -0.4 is 4.90 Å². The van der Waals surface area contributed by atoms with Crippen LogP contribution in [0, 0.1) is 6.92 Å². The largest absolute Gasteiger partial charge is 0.415 e. The standard InChI is InChI=1S/C17H28ClN5OSi/c1-11-13-14(22-21-11)19-16(18)20-15(13)23-9-7-8-12(23)10-24-25(5,6)17(2,3)4/h12H,7-10H2,1-6H3,(H,19,20,21,22). The lowest BCUT2D eigenvalue weighted by atomic mass is 10.2. The summed E-state index contributed by atoms with van der Waals surface area (Å²) in [6, 6.07) is 0.317. The number of halogens is 1. The molecule has 1 unspecified atom stereocenters. The number of aromatic nitrogens is 4. The summed E-state index contributed by atoms with van der Waals surface area (Å²) >= 11 is 6.14. The molecule has 2 aromatic rings. The van der Waals surface area contributed by atoms with Gasteiger partial charge in [-0.3, -0.25) is 5.10 Å². The van der Waals surface area contributed by atoms with Crippen molar-refractivity contribution in [3.63, 3.8) is 0 Å². The van der Waals surface area contributed by atoms with Gasteiger partial charge in [-0.05, 0) is 49.5 Å². The van der Waals surface area contributed by atoms with Gasteiger partial charge in [0.2, 0.25) is 5.28 Å². The van der Waals surface area contributed by atoms with Gasteiger partial charge in [-0.2, -0.15) is 15.1 Å². The van der Waals surface area contributed by atoms with Crippen molar-refractivity contribution < 1.29 is 4.43 Å². The number of H-pyrrole nitrogens is 1. The van der Waals surface area contributed by atoms with Crippen molar-refractivity contribution in [2.24, 2.45) is 0 Å². The van der Waals surface area contributed by atoms with Crippen LogP contribution >= 0.6 is 11.6 Å². The second-order valence-corrected chi connectivity index (χ2v) is 13.6. The third-order valence-corrected chi connectivity index (χ3v) is 10.3. The molecule has 1 aliphatic rings. The van der Waals surface area contributed by atoms with Crippen molar-refractivity contribution in [3.05, 3.63) is 11.0 Å². The fourth-order valence-electron chi connectivity index (χ4n) is 3.04. The third kappa shape index (κ3) is 3.54. The highest BCUT2D eigenvalue weighted by atomic mass is 35.5. The van der Waals surface area contributed by atoms with E-state index in [0.717, 1.165) is 42.9 Å². The maximum atomic E-state index is 6.48. The van der Waals surface area contributed by atoms with Gasteiger partial charge < -0.3 is 9.33 Å². The molecule has 3 heterocycles. The van der Waals surface area contributed by atoms with Crippen LogP contribution in [-0.4, -0.2) is 47.7 Å². The summed E-state index contributed by atoms with van der Waals surface area (Å²) in [6.07, 6.45) is 2.24. The first-order valence-corrected chi connectivity index (χ1v) is 12.2. The summed E-state index contributed by atoms with van der Waals surface area (Å²) in [6.45, 7) is 15.1. The molecule has 8 heteroatoms. The zero-order chi connectivity index (χ0) is 18.4. The first kappa shape index (κ1) is 18.6. The lowest BCUT2D eigenvalue weighted by Gasteiger charge is -2.38. The topological polar surface area (TPSA) is 66.9 Å². The molecule has 0 amide bonds. The van der Waals surface area contributed by atoms with Gasteiger partial charge in [0.25, 0.3) is 0 Å². The molecule has 1 aliphatic heterocycles. The number of hydrogen-bond acceptors (Lipinski definition) is 5. The van der Waals surface area contributed by atoms with E-state index in [-0.39, 0.29) is 10.3 Å². The molecular formula is C17H28ClN5OSi. The van der Waals surface area contributed by atoms with Crippen molar-refractivity contribution in [3.8, 4) is 0 Å². The number of nitrogens with one attached hydrogen (secondary N) is 1. The molecule has 6 nitrogen and oxygen atoms in total. The SMILES string of the molecule is Cc1[nH]nc2nc(Cl)nc(N3CCCC3CO[Si](C)(C)C(C)(C)C)c12. The number of nitrogens with zero attached hydrogens (tertiary/aromatic N) is 4. The Bertz CT molecular complexity index is 770. The predicted molar refractivity (Wildman–Crippen MR) is 105 cm³/mol. The molecule has 0 saturated carbocycles. The number of anilines is 1. The van der Waals surface area contributed by atoms with Gasteiger partial charge in [-0.1, -0.05) is 20.8 Å². The normalized spacial score (nSPS) is 19.2. The minimum absolute atomic E-state index is 0.211. The zero-order valence-corrected chi connectivity index (χ0v) is 17.7. The molecule has 138 valence electrons. The van der Waals surface area contributed by atoms with Crippen LogP contribution in [0.3, 0.4) is 0 Å². The molecule has 1 atom stereocenters. The highest BCUT2D eigenvalue weighted by molar-refractivity contribution is 6.74. The number of aromatic amines is 1. The van der Waals surface area contributed by atoms with Gasteiger partial charge in [0.05, 0.1) is 18.0 Å². The van der Waals surface area contributed by atoms with E-state index in [2.05, 4.69) is 58.9 Å². The summed E-state index contributed by atoms with van der Waals surface area (Å²) < 4.78 is 6.48. The summed E-state index contributed by atoms with van der Waals surface area (Å²) in [4.78, 5) is 11.1. The second-order valence-electron chi connectivity index (χ2n) is 8.42. The summed E-state index contributed by atoms with van der Waals surface area (Å²) in [5.41, 5.74) is 1.60. The Labute approximate surface area is 155 Å². The maximum Gasteiger partial charge on any atom is 0.226 e. The smallest absolute Gasteiger partial charge is 0.226 e. The Morgan fingerprint density at radius 3 is 2.72 bits per heavy atom. The maximum absolute atomic E-state index is 6.48. The monoisotopic (exact) mass is 381 g/mol. The number of fused-ring (bicyclic) bond motifs is 1. The second kappa shape index (κ2) is 6.52. The van der Waals surface area contributed by atoms with Crippen molar-refractivity contribution in [1.82, 2.24) is 20.2 Å². The molecule has 2 aromatic heterocycles. The van der Waals surface area contributed by atoms with E-state index in [1.165, 1.54) is 0 Å². The van der Waals surface area contributed by atoms with Crippen LogP contribution in [0.2, 0.25) is 23.4 Å². The number of rotatable bonds is 4. The molecule has 0 bridgehead atoms. The first-order chi connectivity index (χ1) is 11.6. The Morgan fingerprint density at radius 1 is 1.32 bits per heavy atom. The Morgan fingerprint density at radius 2 is 2.04 bits per heavy atom. The van der Waals surface area contributed by atoms with Crippen molar-refractivity contribution in [1.29, 1.82) is 0 Å². The van der Waals surface area contributed by atoms with E-state index in [1.807, 2.05) is 6.92 Å². The average molecular weight is 382 g/mol. The molecule has 0 radical (unpaired) electrons. The average Bonchev–Trinajstić information content (AvgIpc) is 3.10. The van der Waals surface area contributed by atoms with Gasteiger partial charge >= 0.3 is 0 Å². The minimum atomic E-state index is -1.77. The molecule has 1 saturated heterocycles. The molecule has 25 heavy (non-hydrogen) atoms. The minimum Gasteiger partial charge on any atom is -0.415 e. The quantitative estimate of drug-likeness (QED) is 0.631. The van der Waals surface area contributed by atoms with Crippen LogP contribution in [0.4, 0.5) is 5.82 Å². The summed E-state index contributed by atoms with van der Waals surface area (Å²) in [5.74, 6) is 0.877. The van der Waals surface area contributed by atoms with E-state index in [0.29, 0.717) is 11.7 Å². The van der Waals surface area contributed by atoms with Crippen molar-refractivity contribution >= 4 is 36.8 Å². The Balaban J connectivity index is 1.87. The van der Waals surface area contributed by atoms with Crippen LogP contribution in [-0.2, 0) is 4.43 Å². The highest BCUT2D eigenvalue weighted by Gasteiger charge is 2.39. The Hall–Kier alpha value is -1.18. The summed E-state index contributed by atoms with van der Waals surface area (Å²) in [5, 5.41) is 8.65. The molecule has 0 aromatic carbocycles.